The summed E-state index contributed by atoms with van der Waals surface area (Å²) in [7, 11) is 0. The first-order valence-corrected chi connectivity index (χ1v) is 8.48. The predicted molar refractivity (Wildman–Crippen MR) is 85.5 cm³/mol. The van der Waals surface area contributed by atoms with Crippen LogP contribution in [0.2, 0.25) is 0 Å². The summed E-state index contributed by atoms with van der Waals surface area (Å²) in [6.07, 6.45) is 7.77. The second kappa shape index (κ2) is 9.07. The van der Waals surface area contributed by atoms with Gasteiger partial charge in [-0.1, -0.05) is 11.8 Å². The van der Waals surface area contributed by atoms with Gasteiger partial charge < -0.3 is 19.3 Å². The summed E-state index contributed by atoms with van der Waals surface area (Å²) in [4.78, 5) is 12.1. The number of aliphatic hydroxyl groups excluding tert-OH is 1. The van der Waals surface area contributed by atoms with Crippen molar-refractivity contribution in [1.82, 2.24) is 0 Å². The Morgan fingerprint density at radius 3 is 2.78 bits per heavy atom. The molecule has 0 aromatic heterocycles. The highest BCUT2D eigenvalue weighted by Gasteiger charge is 2.40. The largest absolute Gasteiger partial charge is 0.462 e. The Morgan fingerprint density at radius 2 is 2.22 bits per heavy atom. The molecule has 0 aromatic carbocycles. The lowest BCUT2D eigenvalue weighted by molar-refractivity contribution is -0.229. The van der Waals surface area contributed by atoms with E-state index in [1.165, 1.54) is 0 Å². The van der Waals surface area contributed by atoms with Gasteiger partial charge in [-0.15, -0.1) is 0 Å². The number of ether oxygens (including phenoxy) is 3. The van der Waals surface area contributed by atoms with Crippen LogP contribution >= 0.6 is 0 Å². The Balaban J connectivity index is 2.12. The highest BCUT2D eigenvalue weighted by atomic mass is 16.7. The zero-order chi connectivity index (χ0) is 16.5. The molecule has 0 aromatic rings. The van der Waals surface area contributed by atoms with Crippen LogP contribution in [0.1, 0.15) is 51.9 Å². The normalized spacial score (nSPS) is 23.4. The summed E-state index contributed by atoms with van der Waals surface area (Å²) in [6, 6.07) is 0. The van der Waals surface area contributed by atoms with Crippen LogP contribution in [0.4, 0.5) is 0 Å². The first-order chi connectivity index (χ1) is 11.2. The van der Waals surface area contributed by atoms with Crippen LogP contribution in [0.5, 0.6) is 0 Å². The Morgan fingerprint density at radius 1 is 1.39 bits per heavy atom. The molecule has 1 heterocycles. The Labute approximate surface area is 138 Å². The maximum atomic E-state index is 12.1. The molecule has 1 atom stereocenters. The molecule has 1 aliphatic heterocycles. The van der Waals surface area contributed by atoms with Gasteiger partial charge in [-0.2, -0.15) is 0 Å². The molecule has 1 N–H and O–H groups in total. The molecule has 1 unspecified atom stereocenters. The fraction of sp³-hybridized carbons (Fsp3) is 0.722. The predicted octanol–water partition coefficient (Wildman–Crippen LogP) is 2.33. The van der Waals surface area contributed by atoms with Gasteiger partial charge in [0, 0.05) is 13.0 Å². The lowest BCUT2D eigenvalue weighted by Gasteiger charge is -2.42. The van der Waals surface area contributed by atoms with Gasteiger partial charge in [-0.25, -0.2) is 4.79 Å². The first kappa shape index (κ1) is 18.0. The summed E-state index contributed by atoms with van der Waals surface area (Å²) >= 11 is 0. The maximum Gasteiger partial charge on any atom is 0.346 e. The molecule has 2 rings (SSSR count). The van der Waals surface area contributed by atoms with Crippen molar-refractivity contribution in [2.45, 2.75) is 63.8 Å². The van der Waals surface area contributed by atoms with Crippen LogP contribution in [0.15, 0.2) is 11.6 Å². The molecule has 0 radical (unpaired) electrons. The molecule has 5 heteroatoms. The summed E-state index contributed by atoms with van der Waals surface area (Å²) in [5, 5.41) is 8.85. The quantitative estimate of drug-likeness (QED) is 0.462. The zero-order valence-corrected chi connectivity index (χ0v) is 13.8. The summed E-state index contributed by atoms with van der Waals surface area (Å²) in [5.74, 6) is 5.18. The fourth-order valence-corrected chi connectivity index (χ4v) is 2.72. The molecule has 0 spiro atoms. The fourth-order valence-electron chi connectivity index (χ4n) is 2.72. The topological polar surface area (TPSA) is 65.0 Å². The molecule has 1 saturated heterocycles. The van der Waals surface area contributed by atoms with Crippen molar-refractivity contribution in [3.63, 3.8) is 0 Å². The highest BCUT2D eigenvalue weighted by Crippen LogP contribution is 2.40. The smallest absolute Gasteiger partial charge is 0.346 e. The van der Waals surface area contributed by atoms with Crippen molar-refractivity contribution < 1.29 is 24.1 Å². The molecule has 2 fully saturated rings. The lowest BCUT2D eigenvalue weighted by atomic mass is 9.78. The molecule has 2 aliphatic rings. The van der Waals surface area contributed by atoms with Crippen LogP contribution < -0.4 is 0 Å². The second-order valence-corrected chi connectivity index (χ2v) is 5.89. The summed E-state index contributed by atoms with van der Waals surface area (Å²) in [5.41, 5.74) is -0.159. The average molecular weight is 322 g/mol. The molecule has 1 saturated carbocycles. The molecule has 1 aliphatic carbocycles. The highest BCUT2D eigenvalue weighted by molar-refractivity contribution is 5.93. The molecular weight excluding hydrogens is 296 g/mol. The number of esters is 1. The SMILES string of the molecule is CCOC(=O)/C(C#CCCO)=C\C1(OC2CCCCO2)CCC1. The summed E-state index contributed by atoms with van der Waals surface area (Å²) in [6.45, 7) is 2.77. The van der Waals surface area contributed by atoms with Crippen LogP contribution in [0, 0.1) is 11.8 Å². The monoisotopic (exact) mass is 322 g/mol. The third-order valence-corrected chi connectivity index (χ3v) is 4.07. The number of carbonyl (C=O) groups is 1. The summed E-state index contributed by atoms with van der Waals surface area (Å²) < 4.78 is 16.9. The van der Waals surface area contributed by atoms with Gasteiger partial charge >= 0.3 is 5.97 Å². The van der Waals surface area contributed by atoms with Gasteiger partial charge in [0.05, 0.1) is 18.8 Å². The number of aliphatic hydroxyl groups is 1. The lowest BCUT2D eigenvalue weighted by Crippen LogP contribution is -2.43. The van der Waals surface area contributed by atoms with E-state index in [1.54, 1.807) is 13.0 Å². The zero-order valence-electron chi connectivity index (χ0n) is 13.8. The molecule has 5 nitrogen and oxygen atoms in total. The van der Waals surface area contributed by atoms with E-state index in [2.05, 4.69) is 11.8 Å². The Kier molecular flexibility index (Phi) is 7.10. The van der Waals surface area contributed by atoms with E-state index >= 15 is 0 Å². The van der Waals surface area contributed by atoms with Crippen molar-refractivity contribution >= 4 is 5.97 Å². The Hall–Kier alpha value is -1.35. The van der Waals surface area contributed by atoms with E-state index in [0.717, 1.165) is 45.1 Å². The van der Waals surface area contributed by atoms with Crippen molar-refractivity contribution in [3.8, 4) is 11.8 Å². The number of carbonyl (C=O) groups excluding carboxylic acids is 1. The van der Waals surface area contributed by atoms with Gasteiger partial charge in [0.25, 0.3) is 0 Å². The molecular formula is C18H26O5. The van der Waals surface area contributed by atoms with E-state index in [-0.39, 0.29) is 12.9 Å². The first-order valence-electron chi connectivity index (χ1n) is 8.48. The second-order valence-electron chi connectivity index (χ2n) is 5.89. The van der Waals surface area contributed by atoms with E-state index < -0.39 is 11.6 Å². The molecule has 128 valence electrons. The average Bonchev–Trinajstić information content (AvgIpc) is 2.53. The minimum absolute atomic E-state index is 0.0271. The van der Waals surface area contributed by atoms with Crippen LogP contribution in [-0.2, 0) is 19.0 Å². The van der Waals surface area contributed by atoms with E-state index in [1.807, 2.05) is 0 Å². The minimum atomic E-state index is -0.474. The van der Waals surface area contributed by atoms with Gasteiger partial charge in [0.15, 0.2) is 6.29 Å². The third-order valence-electron chi connectivity index (χ3n) is 4.07. The number of hydrogen-bond acceptors (Lipinski definition) is 5. The van der Waals surface area contributed by atoms with Gasteiger partial charge in [0.2, 0.25) is 0 Å². The third kappa shape index (κ3) is 5.35. The van der Waals surface area contributed by atoms with Gasteiger partial charge in [-0.05, 0) is 51.5 Å². The molecule has 0 amide bonds. The van der Waals surface area contributed by atoms with E-state index in [4.69, 9.17) is 19.3 Å². The standard InChI is InChI=1S/C18H26O5/c1-2-21-17(20)15(8-3-5-12-19)14-18(10-7-11-18)23-16-9-4-6-13-22-16/h14,16,19H,2,4-7,9-13H2,1H3/b15-14-. The van der Waals surface area contributed by atoms with Gasteiger partial charge in [-0.3, -0.25) is 0 Å². The van der Waals surface area contributed by atoms with Crippen LogP contribution in [0.3, 0.4) is 0 Å². The maximum absolute atomic E-state index is 12.1. The van der Waals surface area contributed by atoms with Crippen molar-refractivity contribution in [2.24, 2.45) is 0 Å². The van der Waals surface area contributed by atoms with Gasteiger partial charge in [0.1, 0.15) is 5.57 Å². The van der Waals surface area contributed by atoms with Crippen molar-refractivity contribution in [1.29, 1.82) is 0 Å². The van der Waals surface area contributed by atoms with Crippen LogP contribution in [0.25, 0.3) is 0 Å². The number of hydrogen-bond donors (Lipinski definition) is 1. The number of rotatable bonds is 6. The van der Waals surface area contributed by atoms with Crippen LogP contribution in [-0.4, -0.2) is 42.8 Å². The van der Waals surface area contributed by atoms with E-state index in [0.29, 0.717) is 18.6 Å². The van der Waals surface area contributed by atoms with Crippen molar-refractivity contribution in [3.05, 3.63) is 11.6 Å². The minimum Gasteiger partial charge on any atom is -0.462 e. The Bertz CT molecular complexity index is 475. The molecule has 23 heavy (non-hydrogen) atoms. The van der Waals surface area contributed by atoms with E-state index in [9.17, 15) is 4.79 Å². The van der Waals surface area contributed by atoms with Crippen molar-refractivity contribution in [2.75, 3.05) is 19.8 Å². The molecule has 0 bridgehead atoms.